The quantitative estimate of drug-likeness (QED) is 0.793. The molecule has 3 aromatic rings. The van der Waals surface area contributed by atoms with E-state index in [2.05, 4.69) is 5.32 Å². The van der Waals surface area contributed by atoms with Gasteiger partial charge < -0.3 is 10.1 Å². The van der Waals surface area contributed by atoms with Crippen LogP contribution in [0, 0.1) is 0 Å². The van der Waals surface area contributed by atoms with Crippen molar-refractivity contribution in [2.75, 3.05) is 13.2 Å². The summed E-state index contributed by atoms with van der Waals surface area (Å²) in [6.45, 7) is 1.36. The van der Waals surface area contributed by atoms with E-state index in [1.54, 1.807) is 0 Å². The molecule has 4 rings (SSSR count). The summed E-state index contributed by atoms with van der Waals surface area (Å²) in [5.41, 5.74) is 3.30. The van der Waals surface area contributed by atoms with E-state index in [9.17, 15) is 4.79 Å². The number of fused-ring (bicyclic) bond motifs is 1. The second-order valence-electron chi connectivity index (χ2n) is 6.33. The summed E-state index contributed by atoms with van der Waals surface area (Å²) < 4.78 is 5.47. The second-order valence-corrected chi connectivity index (χ2v) is 6.33. The minimum absolute atomic E-state index is 0.0636. The van der Waals surface area contributed by atoms with Gasteiger partial charge in [0.25, 0.3) is 5.91 Å². The Kier molecular flexibility index (Phi) is 4.44. The van der Waals surface area contributed by atoms with Gasteiger partial charge in [0, 0.05) is 17.6 Å². The first kappa shape index (κ1) is 15.8. The van der Waals surface area contributed by atoms with Crippen molar-refractivity contribution in [1.82, 2.24) is 10.3 Å². The summed E-state index contributed by atoms with van der Waals surface area (Å²) in [5.74, 6) is -0.0636. The van der Waals surface area contributed by atoms with E-state index in [0.29, 0.717) is 12.2 Å². The number of pyridine rings is 1. The van der Waals surface area contributed by atoms with Gasteiger partial charge in [-0.15, -0.1) is 0 Å². The molecule has 2 heterocycles. The number of rotatable bonds is 3. The molecule has 126 valence electrons. The number of ether oxygens (including phenoxy) is 1. The Bertz CT molecular complexity index is 887. The molecule has 1 aliphatic rings. The van der Waals surface area contributed by atoms with E-state index >= 15 is 0 Å². The average Bonchev–Trinajstić information content (AvgIpc) is 2.68. The van der Waals surface area contributed by atoms with Crippen molar-refractivity contribution >= 4 is 16.8 Å². The van der Waals surface area contributed by atoms with Crippen LogP contribution in [-0.2, 0) is 4.74 Å². The summed E-state index contributed by atoms with van der Waals surface area (Å²) >= 11 is 0. The van der Waals surface area contributed by atoms with E-state index in [-0.39, 0.29) is 11.9 Å². The molecular weight excluding hydrogens is 312 g/mol. The fraction of sp³-hybridized carbons (Fsp3) is 0.238. The van der Waals surface area contributed by atoms with Crippen LogP contribution in [0.5, 0.6) is 0 Å². The minimum atomic E-state index is -0.0636. The molecule has 4 heteroatoms. The molecule has 0 radical (unpaired) electrons. The normalized spacial score (nSPS) is 17.4. The molecule has 25 heavy (non-hydrogen) atoms. The molecule has 1 aromatic heterocycles. The molecule has 1 amide bonds. The number of amides is 1. The number of nitrogens with one attached hydrogen (secondary N) is 1. The van der Waals surface area contributed by atoms with Crippen LogP contribution in [0.3, 0.4) is 0 Å². The van der Waals surface area contributed by atoms with Gasteiger partial charge in [0.1, 0.15) is 0 Å². The lowest BCUT2D eigenvalue weighted by atomic mass is 10.0. The number of carbonyl (C=O) groups is 1. The Labute approximate surface area is 146 Å². The fourth-order valence-corrected chi connectivity index (χ4v) is 3.24. The smallest absolute Gasteiger partial charge is 0.252 e. The number of hydrogen-bond donors (Lipinski definition) is 1. The van der Waals surface area contributed by atoms with Crippen LogP contribution >= 0.6 is 0 Å². The van der Waals surface area contributed by atoms with Gasteiger partial charge in [-0.2, -0.15) is 0 Å². The van der Waals surface area contributed by atoms with E-state index in [1.807, 2.05) is 60.7 Å². The minimum Gasteiger partial charge on any atom is -0.379 e. The molecule has 1 N–H and O–H groups in total. The summed E-state index contributed by atoms with van der Waals surface area (Å²) in [5, 5.41) is 3.99. The Morgan fingerprint density at radius 1 is 1.08 bits per heavy atom. The van der Waals surface area contributed by atoms with E-state index in [1.165, 1.54) is 0 Å². The van der Waals surface area contributed by atoms with Crippen LogP contribution in [0.15, 0.2) is 60.7 Å². The highest BCUT2D eigenvalue weighted by molar-refractivity contribution is 6.07. The largest absolute Gasteiger partial charge is 0.379 e. The summed E-state index contributed by atoms with van der Waals surface area (Å²) in [7, 11) is 0. The van der Waals surface area contributed by atoms with Gasteiger partial charge in [-0.05, 0) is 25.0 Å². The summed E-state index contributed by atoms with van der Waals surface area (Å²) in [6, 6.07) is 19.7. The zero-order chi connectivity index (χ0) is 17.1. The van der Waals surface area contributed by atoms with Crippen LogP contribution < -0.4 is 5.32 Å². The zero-order valence-electron chi connectivity index (χ0n) is 13.9. The topological polar surface area (TPSA) is 51.2 Å². The number of hydrogen-bond acceptors (Lipinski definition) is 3. The predicted octanol–water partition coefficient (Wildman–Crippen LogP) is 3.81. The first-order chi connectivity index (χ1) is 12.3. The predicted molar refractivity (Wildman–Crippen MR) is 98.5 cm³/mol. The maximum absolute atomic E-state index is 12.9. The molecule has 1 atom stereocenters. The summed E-state index contributed by atoms with van der Waals surface area (Å²) in [6.07, 6.45) is 1.94. The Hall–Kier alpha value is -2.72. The molecule has 0 spiro atoms. The van der Waals surface area contributed by atoms with Crippen LogP contribution in [-0.4, -0.2) is 30.1 Å². The van der Waals surface area contributed by atoms with Crippen molar-refractivity contribution < 1.29 is 9.53 Å². The SMILES string of the molecule is O=C(NC1CCCOC1)c1cc(-c2ccccc2)nc2ccccc12. The van der Waals surface area contributed by atoms with Gasteiger partial charge in [-0.25, -0.2) is 4.98 Å². The third-order valence-electron chi connectivity index (χ3n) is 4.53. The van der Waals surface area contributed by atoms with Crippen LogP contribution in [0.1, 0.15) is 23.2 Å². The number of benzene rings is 2. The molecule has 4 nitrogen and oxygen atoms in total. The average molecular weight is 332 g/mol. The van der Waals surface area contributed by atoms with E-state index in [4.69, 9.17) is 9.72 Å². The highest BCUT2D eigenvalue weighted by Crippen LogP contribution is 2.25. The van der Waals surface area contributed by atoms with Crippen molar-refractivity contribution in [3.05, 3.63) is 66.2 Å². The molecule has 1 fully saturated rings. The Morgan fingerprint density at radius 3 is 2.68 bits per heavy atom. The first-order valence-corrected chi connectivity index (χ1v) is 8.65. The fourth-order valence-electron chi connectivity index (χ4n) is 3.24. The van der Waals surface area contributed by atoms with Crippen molar-refractivity contribution in [3.63, 3.8) is 0 Å². The molecule has 0 saturated carbocycles. The third-order valence-corrected chi connectivity index (χ3v) is 4.53. The van der Waals surface area contributed by atoms with Crippen LogP contribution in [0.2, 0.25) is 0 Å². The van der Waals surface area contributed by atoms with Crippen LogP contribution in [0.4, 0.5) is 0 Å². The maximum atomic E-state index is 12.9. The monoisotopic (exact) mass is 332 g/mol. The van der Waals surface area contributed by atoms with E-state index < -0.39 is 0 Å². The van der Waals surface area contributed by atoms with Crippen molar-refractivity contribution in [2.24, 2.45) is 0 Å². The van der Waals surface area contributed by atoms with Crippen molar-refractivity contribution in [3.8, 4) is 11.3 Å². The number of aromatic nitrogens is 1. The summed E-state index contributed by atoms with van der Waals surface area (Å²) in [4.78, 5) is 17.6. The maximum Gasteiger partial charge on any atom is 0.252 e. The third kappa shape index (κ3) is 3.39. The second kappa shape index (κ2) is 7.03. The van der Waals surface area contributed by atoms with Crippen LogP contribution in [0.25, 0.3) is 22.2 Å². The molecule has 1 saturated heterocycles. The lowest BCUT2D eigenvalue weighted by Crippen LogP contribution is -2.40. The number of nitrogens with zero attached hydrogens (tertiary/aromatic N) is 1. The molecule has 1 unspecified atom stereocenters. The molecule has 2 aromatic carbocycles. The van der Waals surface area contributed by atoms with Gasteiger partial charge in [0.05, 0.1) is 29.4 Å². The molecular formula is C21H20N2O2. The van der Waals surface area contributed by atoms with Gasteiger partial charge in [0.15, 0.2) is 0 Å². The van der Waals surface area contributed by atoms with Crippen molar-refractivity contribution in [2.45, 2.75) is 18.9 Å². The highest BCUT2D eigenvalue weighted by atomic mass is 16.5. The van der Waals surface area contributed by atoms with Gasteiger partial charge in [0.2, 0.25) is 0 Å². The number of carbonyl (C=O) groups excluding carboxylic acids is 1. The standard InChI is InChI=1S/C21H20N2O2/c24-21(22-16-9-6-12-25-14-16)18-13-20(15-7-2-1-3-8-15)23-19-11-5-4-10-17(18)19/h1-5,7-8,10-11,13,16H,6,9,12,14H2,(H,22,24). The lowest BCUT2D eigenvalue weighted by molar-refractivity contribution is 0.0625. The van der Waals surface area contributed by atoms with Gasteiger partial charge >= 0.3 is 0 Å². The number of para-hydroxylation sites is 1. The highest BCUT2D eigenvalue weighted by Gasteiger charge is 2.19. The van der Waals surface area contributed by atoms with Gasteiger partial charge in [-0.1, -0.05) is 48.5 Å². The van der Waals surface area contributed by atoms with Gasteiger partial charge in [-0.3, -0.25) is 4.79 Å². The Balaban J connectivity index is 1.74. The lowest BCUT2D eigenvalue weighted by Gasteiger charge is -2.23. The zero-order valence-corrected chi connectivity index (χ0v) is 13.9. The molecule has 1 aliphatic heterocycles. The molecule has 0 bridgehead atoms. The Morgan fingerprint density at radius 2 is 1.88 bits per heavy atom. The first-order valence-electron chi connectivity index (χ1n) is 8.65. The van der Waals surface area contributed by atoms with Crippen molar-refractivity contribution in [1.29, 1.82) is 0 Å². The molecule has 0 aliphatic carbocycles. The van der Waals surface area contributed by atoms with E-state index in [0.717, 1.165) is 41.6 Å².